The SMILES string of the molecule is CC(C)(C)OC(=O)N1CCN(c2ccc3c(c2)OC(O)C(c2ccn[nH]2)=C3)CC1. The molecule has 2 aromatic rings. The molecule has 1 fully saturated rings. The van der Waals surface area contributed by atoms with Gasteiger partial charge in [0.15, 0.2) is 0 Å². The number of amides is 1. The van der Waals surface area contributed by atoms with Crippen LogP contribution in [0.5, 0.6) is 5.75 Å². The number of anilines is 1. The molecule has 1 aromatic heterocycles. The molecule has 0 radical (unpaired) electrons. The fourth-order valence-electron chi connectivity index (χ4n) is 3.46. The molecule has 8 nitrogen and oxygen atoms in total. The molecule has 0 saturated carbocycles. The van der Waals surface area contributed by atoms with Gasteiger partial charge in [0.1, 0.15) is 11.4 Å². The van der Waals surface area contributed by atoms with Gasteiger partial charge in [-0.05, 0) is 45.0 Å². The van der Waals surface area contributed by atoms with E-state index in [1.807, 2.05) is 45.0 Å². The number of benzene rings is 1. The summed E-state index contributed by atoms with van der Waals surface area (Å²) >= 11 is 0. The molecule has 1 atom stereocenters. The zero-order valence-corrected chi connectivity index (χ0v) is 16.9. The number of aliphatic hydroxyl groups excluding tert-OH is 1. The van der Waals surface area contributed by atoms with Gasteiger partial charge in [-0.1, -0.05) is 0 Å². The Morgan fingerprint density at radius 3 is 2.66 bits per heavy atom. The molecule has 1 amide bonds. The van der Waals surface area contributed by atoms with E-state index in [9.17, 15) is 9.90 Å². The van der Waals surface area contributed by atoms with Gasteiger partial charge in [-0.2, -0.15) is 5.10 Å². The minimum Gasteiger partial charge on any atom is -0.460 e. The van der Waals surface area contributed by atoms with E-state index >= 15 is 0 Å². The highest BCUT2D eigenvalue weighted by Crippen LogP contribution is 2.35. The van der Waals surface area contributed by atoms with Crippen LogP contribution >= 0.6 is 0 Å². The average Bonchev–Trinajstić information content (AvgIpc) is 3.20. The van der Waals surface area contributed by atoms with Crippen molar-refractivity contribution in [2.75, 3.05) is 31.1 Å². The summed E-state index contributed by atoms with van der Waals surface area (Å²) < 4.78 is 11.2. The van der Waals surface area contributed by atoms with Crippen LogP contribution in [0.2, 0.25) is 0 Å². The molecule has 0 spiro atoms. The number of aromatic amines is 1. The molecular formula is C21H26N4O4. The number of hydrogen-bond donors (Lipinski definition) is 2. The Balaban J connectivity index is 1.45. The number of nitrogens with zero attached hydrogens (tertiary/aromatic N) is 3. The van der Waals surface area contributed by atoms with E-state index in [2.05, 4.69) is 15.1 Å². The van der Waals surface area contributed by atoms with Gasteiger partial charge in [0.05, 0.1) is 5.69 Å². The van der Waals surface area contributed by atoms with E-state index in [1.165, 1.54) is 0 Å². The molecule has 2 N–H and O–H groups in total. The van der Waals surface area contributed by atoms with Crippen molar-refractivity contribution in [2.24, 2.45) is 0 Å². The van der Waals surface area contributed by atoms with E-state index < -0.39 is 11.9 Å². The second-order valence-electron chi connectivity index (χ2n) is 8.22. The van der Waals surface area contributed by atoms with Gasteiger partial charge < -0.3 is 24.4 Å². The standard InChI is InChI=1S/C21H26N4O4/c1-21(2,3)29-20(27)25-10-8-24(9-11-25)15-5-4-14-12-16(17-6-7-22-23-17)19(26)28-18(14)13-15/h4-7,12-13,19,26H,8-11H2,1-3H3,(H,22,23). The van der Waals surface area contributed by atoms with Crippen molar-refractivity contribution in [1.82, 2.24) is 15.1 Å². The van der Waals surface area contributed by atoms with Crippen LogP contribution in [0.15, 0.2) is 30.5 Å². The van der Waals surface area contributed by atoms with Gasteiger partial charge in [0.2, 0.25) is 6.29 Å². The molecule has 1 unspecified atom stereocenters. The lowest BCUT2D eigenvalue weighted by Crippen LogP contribution is -2.50. The van der Waals surface area contributed by atoms with E-state index in [-0.39, 0.29) is 6.09 Å². The number of carbonyl (C=O) groups excluding carboxylic acids is 1. The molecule has 1 saturated heterocycles. The third-order valence-corrected chi connectivity index (χ3v) is 4.92. The monoisotopic (exact) mass is 398 g/mol. The van der Waals surface area contributed by atoms with Crippen LogP contribution in [0.3, 0.4) is 0 Å². The first-order valence-corrected chi connectivity index (χ1v) is 9.73. The molecule has 2 aliphatic heterocycles. The molecule has 2 aliphatic rings. The number of fused-ring (bicyclic) bond motifs is 1. The maximum Gasteiger partial charge on any atom is 0.410 e. The van der Waals surface area contributed by atoms with Crippen LogP contribution < -0.4 is 9.64 Å². The van der Waals surface area contributed by atoms with E-state index in [0.29, 0.717) is 37.5 Å². The molecule has 0 bridgehead atoms. The minimum absolute atomic E-state index is 0.273. The number of carbonyl (C=O) groups is 1. The van der Waals surface area contributed by atoms with Gasteiger partial charge in [0, 0.05) is 55.3 Å². The lowest BCUT2D eigenvalue weighted by Gasteiger charge is -2.37. The number of nitrogens with one attached hydrogen (secondary N) is 1. The number of H-pyrrole nitrogens is 1. The molecule has 29 heavy (non-hydrogen) atoms. The predicted molar refractivity (Wildman–Crippen MR) is 110 cm³/mol. The van der Waals surface area contributed by atoms with Crippen molar-refractivity contribution in [1.29, 1.82) is 0 Å². The highest BCUT2D eigenvalue weighted by atomic mass is 16.6. The third kappa shape index (κ3) is 4.22. The summed E-state index contributed by atoms with van der Waals surface area (Å²) in [5.41, 5.74) is 2.78. The van der Waals surface area contributed by atoms with Gasteiger partial charge >= 0.3 is 6.09 Å². The number of hydrogen-bond acceptors (Lipinski definition) is 6. The van der Waals surface area contributed by atoms with Crippen LogP contribution in [-0.2, 0) is 4.74 Å². The summed E-state index contributed by atoms with van der Waals surface area (Å²) in [6, 6.07) is 7.74. The first-order valence-electron chi connectivity index (χ1n) is 9.73. The lowest BCUT2D eigenvalue weighted by molar-refractivity contribution is 0.0239. The van der Waals surface area contributed by atoms with Crippen LogP contribution in [0, 0.1) is 0 Å². The molecule has 3 heterocycles. The molecule has 8 heteroatoms. The Morgan fingerprint density at radius 1 is 1.24 bits per heavy atom. The fraction of sp³-hybridized carbons (Fsp3) is 0.429. The molecule has 0 aliphatic carbocycles. The Labute approximate surface area is 169 Å². The summed E-state index contributed by atoms with van der Waals surface area (Å²) in [6.45, 7) is 8.21. The predicted octanol–water partition coefficient (Wildman–Crippen LogP) is 2.72. The zero-order valence-electron chi connectivity index (χ0n) is 16.9. The summed E-state index contributed by atoms with van der Waals surface area (Å²) in [5.74, 6) is 0.632. The molecular weight excluding hydrogens is 372 g/mol. The van der Waals surface area contributed by atoms with E-state index in [0.717, 1.165) is 16.9 Å². The zero-order chi connectivity index (χ0) is 20.6. The summed E-state index contributed by atoms with van der Waals surface area (Å²) in [4.78, 5) is 16.2. The summed E-state index contributed by atoms with van der Waals surface area (Å²) in [6.07, 6.45) is 2.22. The van der Waals surface area contributed by atoms with Crippen molar-refractivity contribution in [3.63, 3.8) is 0 Å². The minimum atomic E-state index is -1.05. The molecule has 1 aromatic carbocycles. The number of aromatic nitrogens is 2. The van der Waals surface area contributed by atoms with Crippen molar-refractivity contribution in [3.8, 4) is 5.75 Å². The maximum atomic E-state index is 12.2. The molecule has 4 rings (SSSR count). The third-order valence-electron chi connectivity index (χ3n) is 4.92. The Morgan fingerprint density at radius 2 is 2.00 bits per heavy atom. The number of aliphatic hydroxyl groups is 1. The average molecular weight is 398 g/mol. The topological polar surface area (TPSA) is 90.9 Å². The van der Waals surface area contributed by atoms with Crippen molar-refractivity contribution >= 4 is 23.4 Å². The van der Waals surface area contributed by atoms with Crippen molar-refractivity contribution in [3.05, 3.63) is 41.7 Å². The van der Waals surface area contributed by atoms with E-state index in [4.69, 9.17) is 9.47 Å². The van der Waals surface area contributed by atoms with Gasteiger partial charge in [-0.25, -0.2) is 4.79 Å². The Bertz CT molecular complexity index is 909. The fourth-order valence-corrected chi connectivity index (χ4v) is 3.46. The van der Waals surface area contributed by atoms with Crippen molar-refractivity contribution < 1.29 is 19.4 Å². The quantitative estimate of drug-likeness (QED) is 0.808. The van der Waals surface area contributed by atoms with Gasteiger partial charge in [0.25, 0.3) is 0 Å². The first-order chi connectivity index (χ1) is 13.8. The van der Waals surface area contributed by atoms with Crippen LogP contribution in [-0.4, -0.2) is 64.4 Å². The number of piperazine rings is 1. The second-order valence-corrected chi connectivity index (χ2v) is 8.22. The van der Waals surface area contributed by atoms with Gasteiger partial charge in [-0.15, -0.1) is 0 Å². The Hall–Kier alpha value is -3.00. The number of rotatable bonds is 2. The smallest absolute Gasteiger partial charge is 0.410 e. The number of ether oxygens (including phenoxy) is 2. The maximum absolute atomic E-state index is 12.2. The summed E-state index contributed by atoms with van der Waals surface area (Å²) in [5, 5.41) is 17.1. The summed E-state index contributed by atoms with van der Waals surface area (Å²) in [7, 11) is 0. The highest BCUT2D eigenvalue weighted by molar-refractivity contribution is 5.85. The largest absolute Gasteiger partial charge is 0.460 e. The van der Waals surface area contributed by atoms with Crippen molar-refractivity contribution in [2.45, 2.75) is 32.7 Å². The molecule has 154 valence electrons. The normalized spacial score (nSPS) is 19.3. The highest BCUT2D eigenvalue weighted by Gasteiger charge is 2.27. The van der Waals surface area contributed by atoms with Gasteiger partial charge in [-0.3, -0.25) is 5.10 Å². The van der Waals surface area contributed by atoms with Crippen LogP contribution in [0.1, 0.15) is 32.0 Å². The van der Waals surface area contributed by atoms with E-state index in [1.54, 1.807) is 17.2 Å². The second kappa shape index (κ2) is 7.44. The van der Waals surface area contributed by atoms with Crippen LogP contribution in [0.25, 0.3) is 11.6 Å². The Kier molecular flexibility index (Phi) is 4.96. The van der Waals surface area contributed by atoms with Crippen LogP contribution in [0.4, 0.5) is 10.5 Å². The lowest BCUT2D eigenvalue weighted by atomic mass is 10.0. The first kappa shape index (κ1) is 19.3.